The fraction of sp³-hybridized carbons (Fsp3) is 0.429. The number of anilines is 2. The first-order valence-electron chi connectivity index (χ1n) is 9.85. The minimum absolute atomic E-state index is 0. The Morgan fingerprint density at radius 1 is 1.20 bits per heavy atom. The molecular weight excluding hydrogens is 427 g/mol. The predicted octanol–water partition coefficient (Wildman–Crippen LogP) is 3.72. The maximum Gasteiger partial charge on any atom is 0.255 e. The molecule has 30 heavy (non-hydrogen) atoms. The third-order valence-electron chi connectivity index (χ3n) is 4.90. The number of carbonyl (C=O) groups is 2. The number of hydrogen-bond donors (Lipinski definition) is 3. The molecule has 0 aliphatic carbocycles. The SMILES string of the molecule is CCCC(NC(=O)c1coc(CN)c1)C(=O)Nc1cccc(N2CCCC2)c1.Cl.Cl. The van der Waals surface area contributed by atoms with E-state index in [0.717, 1.165) is 30.9 Å². The Hall–Kier alpha value is -2.22. The molecule has 1 aliphatic rings. The van der Waals surface area contributed by atoms with Crippen LogP contribution in [-0.2, 0) is 11.3 Å². The summed E-state index contributed by atoms with van der Waals surface area (Å²) in [6.45, 7) is 4.28. The van der Waals surface area contributed by atoms with Crippen molar-refractivity contribution in [3.63, 3.8) is 0 Å². The molecule has 1 fully saturated rings. The first kappa shape index (κ1) is 25.8. The van der Waals surface area contributed by atoms with Crippen LogP contribution in [0.2, 0.25) is 0 Å². The van der Waals surface area contributed by atoms with Gasteiger partial charge in [0, 0.05) is 24.5 Å². The van der Waals surface area contributed by atoms with Crippen LogP contribution in [0.15, 0.2) is 41.0 Å². The normalized spacial score (nSPS) is 13.7. The van der Waals surface area contributed by atoms with Gasteiger partial charge in [-0.05, 0) is 43.5 Å². The van der Waals surface area contributed by atoms with E-state index in [1.807, 2.05) is 25.1 Å². The molecule has 9 heteroatoms. The first-order chi connectivity index (χ1) is 13.6. The number of furan rings is 1. The van der Waals surface area contributed by atoms with Gasteiger partial charge in [0.25, 0.3) is 5.91 Å². The Bertz CT molecular complexity index is 822. The van der Waals surface area contributed by atoms with E-state index in [1.54, 1.807) is 6.07 Å². The van der Waals surface area contributed by atoms with Crippen LogP contribution in [0.5, 0.6) is 0 Å². The van der Waals surface area contributed by atoms with Crippen molar-refractivity contribution in [2.75, 3.05) is 23.3 Å². The van der Waals surface area contributed by atoms with Crippen LogP contribution in [-0.4, -0.2) is 30.9 Å². The van der Waals surface area contributed by atoms with E-state index in [2.05, 4.69) is 21.6 Å². The molecule has 7 nitrogen and oxygen atoms in total. The minimum Gasteiger partial charge on any atom is -0.467 e. The van der Waals surface area contributed by atoms with E-state index in [4.69, 9.17) is 10.2 Å². The number of amides is 2. The highest BCUT2D eigenvalue weighted by Gasteiger charge is 2.22. The van der Waals surface area contributed by atoms with Crippen molar-refractivity contribution in [3.05, 3.63) is 47.9 Å². The maximum absolute atomic E-state index is 12.8. The molecule has 2 heterocycles. The molecule has 1 aromatic heterocycles. The van der Waals surface area contributed by atoms with E-state index in [-0.39, 0.29) is 43.2 Å². The van der Waals surface area contributed by atoms with Crippen LogP contribution in [0.4, 0.5) is 11.4 Å². The van der Waals surface area contributed by atoms with Crippen molar-refractivity contribution in [1.29, 1.82) is 0 Å². The second kappa shape index (κ2) is 12.5. The zero-order valence-corrected chi connectivity index (χ0v) is 18.7. The predicted molar refractivity (Wildman–Crippen MR) is 124 cm³/mol. The Kier molecular flexibility index (Phi) is 10.7. The Balaban J connectivity index is 0.00000225. The lowest BCUT2D eigenvalue weighted by molar-refractivity contribution is -0.118. The van der Waals surface area contributed by atoms with Gasteiger partial charge in [0.2, 0.25) is 5.91 Å². The molecule has 0 saturated carbocycles. The molecule has 1 aliphatic heterocycles. The van der Waals surface area contributed by atoms with Gasteiger partial charge in [-0.3, -0.25) is 9.59 Å². The molecule has 0 radical (unpaired) electrons. The summed E-state index contributed by atoms with van der Waals surface area (Å²) in [5.74, 6) is -0.0421. The van der Waals surface area contributed by atoms with Crippen molar-refractivity contribution < 1.29 is 14.0 Å². The largest absolute Gasteiger partial charge is 0.467 e. The second-order valence-electron chi connectivity index (χ2n) is 7.05. The van der Waals surface area contributed by atoms with Crippen LogP contribution < -0.4 is 21.3 Å². The van der Waals surface area contributed by atoms with Crippen LogP contribution in [0.25, 0.3) is 0 Å². The van der Waals surface area contributed by atoms with Gasteiger partial charge in [0.1, 0.15) is 18.1 Å². The highest BCUT2D eigenvalue weighted by Crippen LogP contribution is 2.23. The molecule has 1 saturated heterocycles. The van der Waals surface area contributed by atoms with Gasteiger partial charge in [0.15, 0.2) is 0 Å². The number of benzene rings is 1. The maximum atomic E-state index is 12.8. The quantitative estimate of drug-likeness (QED) is 0.561. The van der Waals surface area contributed by atoms with Gasteiger partial charge in [-0.25, -0.2) is 0 Å². The van der Waals surface area contributed by atoms with Crippen LogP contribution in [0.1, 0.15) is 48.7 Å². The van der Waals surface area contributed by atoms with Crippen LogP contribution in [0.3, 0.4) is 0 Å². The summed E-state index contributed by atoms with van der Waals surface area (Å²) in [5.41, 5.74) is 7.72. The highest BCUT2D eigenvalue weighted by molar-refractivity contribution is 6.01. The molecule has 3 rings (SSSR count). The van der Waals surface area contributed by atoms with E-state index in [1.165, 1.54) is 19.1 Å². The summed E-state index contributed by atoms with van der Waals surface area (Å²) in [5, 5.41) is 5.74. The number of halogens is 2. The number of carbonyl (C=O) groups excluding carboxylic acids is 2. The average Bonchev–Trinajstić information content (AvgIpc) is 3.39. The topological polar surface area (TPSA) is 101 Å². The molecule has 0 bridgehead atoms. The molecule has 2 amide bonds. The van der Waals surface area contributed by atoms with E-state index < -0.39 is 6.04 Å². The zero-order chi connectivity index (χ0) is 19.9. The number of nitrogens with zero attached hydrogens (tertiary/aromatic N) is 1. The highest BCUT2D eigenvalue weighted by atomic mass is 35.5. The number of nitrogens with two attached hydrogens (primary N) is 1. The van der Waals surface area contributed by atoms with Crippen LogP contribution >= 0.6 is 24.8 Å². The smallest absolute Gasteiger partial charge is 0.255 e. The molecule has 0 spiro atoms. The summed E-state index contributed by atoms with van der Waals surface area (Å²) in [4.78, 5) is 27.5. The second-order valence-corrected chi connectivity index (χ2v) is 7.05. The lowest BCUT2D eigenvalue weighted by Gasteiger charge is -2.20. The molecular formula is C21H30Cl2N4O3. The molecule has 1 unspecified atom stereocenters. The number of hydrogen-bond acceptors (Lipinski definition) is 5. The fourth-order valence-electron chi connectivity index (χ4n) is 3.39. The van der Waals surface area contributed by atoms with Crippen molar-refractivity contribution in [1.82, 2.24) is 5.32 Å². The number of nitrogens with one attached hydrogen (secondary N) is 2. The monoisotopic (exact) mass is 456 g/mol. The molecule has 4 N–H and O–H groups in total. The van der Waals surface area contributed by atoms with Gasteiger partial charge < -0.3 is 25.7 Å². The van der Waals surface area contributed by atoms with E-state index >= 15 is 0 Å². The summed E-state index contributed by atoms with van der Waals surface area (Å²) >= 11 is 0. The standard InChI is InChI=1S/C21H28N4O3.2ClH/c1-2-6-19(24-20(26)15-11-18(13-22)28-14-15)21(27)23-16-7-5-8-17(12-16)25-9-3-4-10-25;;/h5,7-8,11-12,14,19H,2-4,6,9-10,13,22H2,1H3,(H,23,27)(H,24,26);2*1H. The third kappa shape index (κ3) is 6.65. The van der Waals surface area contributed by atoms with Crippen molar-refractivity contribution in [2.24, 2.45) is 5.73 Å². The van der Waals surface area contributed by atoms with Gasteiger partial charge >= 0.3 is 0 Å². The Morgan fingerprint density at radius 2 is 1.93 bits per heavy atom. The van der Waals surface area contributed by atoms with E-state index in [0.29, 0.717) is 17.7 Å². The third-order valence-corrected chi connectivity index (χ3v) is 4.90. The zero-order valence-electron chi connectivity index (χ0n) is 17.1. The van der Waals surface area contributed by atoms with Crippen LogP contribution in [0, 0.1) is 0 Å². The lowest BCUT2D eigenvalue weighted by atomic mass is 10.1. The average molecular weight is 457 g/mol. The van der Waals surface area contributed by atoms with Gasteiger partial charge in [-0.2, -0.15) is 0 Å². The summed E-state index contributed by atoms with van der Waals surface area (Å²) in [6, 6.07) is 8.82. The Labute approximate surface area is 189 Å². The van der Waals surface area contributed by atoms with Gasteiger partial charge in [-0.15, -0.1) is 24.8 Å². The summed E-state index contributed by atoms with van der Waals surface area (Å²) in [6.07, 6.45) is 5.07. The van der Waals surface area contributed by atoms with E-state index in [9.17, 15) is 9.59 Å². The van der Waals surface area contributed by atoms with Crippen molar-refractivity contribution >= 4 is 48.0 Å². The molecule has 1 atom stereocenters. The van der Waals surface area contributed by atoms with Crippen molar-refractivity contribution in [2.45, 2.75) is 45.2 Å². The molecule has 2 aromatic rings. The summed E-state index contributed by atoms with van der Waals surface area (Å²) < 4.78 is 5.20. The molecule has 166 valence electrons. The first-order valence-corrected chi connectivity index (χ1v) is 9.85. The summed E-state index contributed by atoms with van der Waals surface area (Å²) in [7, 11) is 0. The number of rotatable bonds is 8. The molecule has 1 aromatic carbocycles. The van der Waals surface area contributed by atoms with Crippen molar-refractivity contribution in [3.8, 4) is 0 Å². The lowest BCUT2D eigenvalue weighted by Crippen LogP contribution is -2.43. The van der Waals surface area contributed by atoms with Gasteiger partial charge in [-0.1, -0.05) is 19.4 Å². The van der Waals surface area contributed by atoms with Gasteiger partial charge in [0.05, 0.1) is 12.1 Å². The fourth-order valence-corrected chi connectivity index (χ4v) is 3.39. The Morgan fingerprint density at radius 3 is 2.57 bits per heavy atom. The minimum atomic E-state index is -0.621.